The zero-order valence-electron chi connectivity index (χ0n) is 3.12. The molecule has 0 N–H and O–H groups in total. The largest absolute Gasteiger partial charge is 1.00 e. The molecular formula is CH5LiOSi. The van der Waals surface area contributed by atoms with Crippen LogP contribution in [0.2, 0.25) is 6.55 Å². The van der Waals surface area contributed by atoms with Crippen LogP contribution in [0.3, 0.4) is 0 Å². The normalized spacial score (nSPS) is 7.50. The van der Waals surface area contributed by atoms with E-state index >= 15 is 0 Å². The minimum absolute atomic E-state index is 0. The Balaban J connectivity index is 0. The van der Waals surface area contributed by atoms with Gasteiger partial charge in [0.2, 0.25) is 0 Å². The van der Waals surface area contributed by atoms with Crippen molar-refractivity contribution in [3.63, 3.8) is 0 Å². The topological polar surface area (TPSA) is 23.1 Å². The first-order chi connectivity index (χ1) is 1.41. The molecule has 0 amide bonds. The average Bonchev–Trinajstić information content (AvgIpc) is 0.918. The number of hydrogen-bond donors (Lipinski definition) is 0. The van der Waals surface area contributed by atoms with Crippen molar-refractivity contribution in [2.45, 2.75) is 6.55 Å². The first-order valence-corrected chi connectivity index (χ1v) is 2.99. The van der Waals surface area contributed by atoms with E-state index in [9.17, 15) is 0 Å². The summed E-state index contributed by atoms with van der Waals surface area (Å²) in [7, 11) is -0.833. The Morgan fingerprint density at radius 1 is 1.75 bits per heavy atom. The SMILES string of the molecule is C[SiH2][O-].[Li+]. The first-order valence-electron chi connectivity index (χ1n) is 0.996. The Morgan fingerprint density at radius 3 is 1.75 bits per heavy atom. The summed E-state index contributed by atoms with van der Waals surface area (Å²) >= 11 is 0. The second-order valence-electron chi connectivity index (χ2n) is 0.289. The Bertz CT molecular complexity index is 8.00. The van der Waals surface area contributed by atoms with Crippen molar-refractivity contribution in [1.29, 1.82) is 0 Å². The van der Waals surface area contributed by atoms with Crippen LogP contribution >= 0.6 is 0 Å². The Kier molecular flexibility index (Phi) is 20.4. The molecule has 20 valence electrons. The van der Waals surface area contributed by atoms with Crippen LogP contribution in [0.4, 0.5) is 0 Å². The fourth-order valence-electron chi connectivity index (χ4n) is 0. The Morgan fingerprint density at radius 2 is 1.75 bits per heavy atom. The van der Waals surface area contributed by atoms with Gasteiger partial charge in [0.1, 0.15) is 0 Å². The van der Waals surface area contributed by atoms with Crippen LogP contribution in [0.5, 0.6) is 0 Å². The van der Waals surface area contributed by atoms with Gasteiger partial charge in [0.05, 0.1) is 0 Å². The van der Waals surface area contributed by atoms with Crippen molar-refractivity contribution in [2.24, 2.45) is 0 Å². The van der Waals surface area contributed by atoms with E-state index in [0.29, 0.717) is 0 Å². The van der Waals surface area contributed by atoms with Gasteiger partial charge in [-0.1, -0.05) is 16.3 Å². The molecule has 0 rings (SSSR count). The van der Waals surface area contributed by atoms with E-state index in [2.05, 4.69) is 0 Å². The summed E-state index contributed by atoms with van der Waals surface area (Å²) in [5, 5.41) is 0. The summed E-state index contributed by atoms with van der Waals surface area (Å²) in [6.45, 7) is 1.71. The second kappa shape index (κ2) is 9.23. The van der Waals surface area contributed by atoms with Crippen molar-refractivity contribution in [2.75, 3.05) is 0 Å². The van der Waals surface area contributed by atoms with Crippen molar-refractivity contribution in [3.05, 3.63) is 0 Å². The summed E-state index contributed by atoms with van der Waals surface area (Å²) in [4.78, 5) is 9.07. The van der Waals surface area contributed by atoms with Crippen LogP contribution in [0.15, 0.2) is 0 Å². The zero-order valence-corrected chi connectivity index (χ0v) is 4.53. The molecule has 0 saturated carbocycles. The molecule has 0 spiro atoms. The van der Waals surface area contributed by atoms with Crippen LogP contribution in [0.25, 0.3) is 0 Å². The summed E-state index contributed by atoms with van der Waals surface area (Å²) in [5.41, 5.74) is 0. The maximum atomic E-state index is 9.07. The molecule has 1 nitrogen and oxygen atoms in total. The molecule has 0 unspecified atom stereocenters. The predicted molar refractivity (Wildman–Crippen MR) is 14.4 cm³/mol. The van der Waals surface area contributed by atoms with Gasteiger partial charge < -0.3 is 4.80 Å². The van der Waals surface area contributed by atoms with E-state index in [0.717, 1.165) is 0 Å². The molecule has 0 aliphatic rings. The molecule has 0 aliphatic carbocycles. The van der Waals surface area contributed by atoms with Gasteiger partial charge in [-0.2, -0.15) is 0 Å². The third kappa shape index (κ3) is 14.6. The van der Waals surface area contributed by atoms with Crippen LogP contribution in [-0.2, 0) is 0 Å². The zero-order chi connectivity index (χ0) is 2.71. The summed E-state index contributed by atoms with van der Waals surface area (Å²) in [6, 6.07) is 0. The fourth-order valence-corrected chi connectivity index (χ4v) is 0. The quantitative estimate of drug-likeness (QED) is 0.262. The third-order valence-electron chi connectivity index (χ3n) is 0. The standard InChI is InChI=1S/CH5OSi.Li/c1-3-2;/h3H2,1H3;/q-1;+1. The van der Waals surface area contributed by atoms with Crippen LogP contribution < -0.4 is 23.7 Å². The van der Waals surface area contributed by atoms with Crippen molar-refractivity contribution < 1.29 is 23.7 Å². The molecule has 0 aliphatic heterocycles. The molecule has 0 bridgehead atoms. The van der Waals surface area contributed by atoms with E-state index in [1.54, 1.807) is 6.55 Å². The molecule has 0 aromatic carbocycles. The van der Waals surface area contributed by atoms with Gasteiger partial charge in [0.15, 0.2) is 0 Å². The number of hydrogen-bond acceptors (Lipinski definition) is 1. The minimum Gasteiger partial charge on any atom is -0.863 e. The minimum atomic E-state index is -0.833. The van der Waals surface area contributed by atoms with Gasteiger partial charge in [-0.05, 0) is 0 Å². The van der Waals surface area contributed by atoms with Gasteiger partial charge in [0.25, 0.3) is 0 Å². The van der Waals surface area contributed by atoms with Crippen LogP contribution in [0.1, 0.15) is 0 Å². The van der Waals surface area contributed by atoms with Crippen LogP contribution in [-0.4, -0.2) is 9.76 Å². The summed E-state index contributed by atoms with van der Waals surface area (Å²) in [5.74, 6) is 0. The van der Waals surface area contributed by atoms with E-state index in [-0.39, 0.29) is 18.9 Å². The maximum Gasteiger partial charge on any atom is 1.00 e. The molecule has 0 fully saturated rings. The molecule has 0 aromatic rings. The Labute approximate surface area is 40.5 Å². The molecule has 0 saturated heterocycles. The average molecular weight is 68.1 g/mol. The van der Waals surface area contributed by atoms with Gasteiger partial charge in [-0.15, -0.1) is 0 Å². The third-order valence-corrected chi connectivity index (χ3v) is 0. The van der Waals surface area contributed by atoms with Gasteiger partial charge in [0, 0.05) is 0 Å². The Hall–Kier alpha value is 0.774. The summed E-state index contributed by atoms with van der Waals surface area (Å²) < 4.78 is 0. The van der Waals surface area contributed by atoms with E-state index in [1.165, 1.54) is 0 Å². The maximum absolute atomic E-state index is 9.07. The van der Waals surface area contributed by atoms with Gasteiger partial charge in [-0.25, -0.2) is 0 Å². The van der Waals surface area contributed by atoms with Gasteiger partial charge >= 0.3 is 18.9 Å². The smallest absolute Gasteiger partial charge is 0.863 e. The van der Waals surface area contributed by atoms with Crippen LogP contribution in [0, 0.1) is 0 Å². The predicted octanol–water partition coefficient (Wildman–Crippen LogP) is -4.52. The second-order valence-corrected chi connectivity index (χ2v) is 0.866. The van der Waals surface area contributed by atoms with Gasteiger partial charge in [-0.3, -0.25) is 0 Å². The van der Waals surface area contributed by atoms with E-state index < -0.39 is 9.76 Å². The molecule has 0 aromatic heterocycles. The van der Waals surface area contributed by atoms with E-state index in [1.807, 2.05) is 0 Å². The molecule has 0 atom stereocenters. The first kappa shape index (κ1) is 8.84. The summed E-state index contributed by atoms with van der Waals surface area (Å²) in [6.07, 6.45) is 0. The molecule has 4 heavy (non-hydrogen) atoms. The monoisotopic (exact) mass is 68.0 g/mol. The molecule has 0 heterocycles. The molecule has 0 radical (unpaired) electrons. The fraction of sp³-hybridized carbons (Fsp3) is 1.00. The molecule has 3 heteroatoms. The van der Waals surface area contributed by atoms with E-state index in [4.69, 9.17) is 4.80 Å². The van der Waals surface area contributed by atoms with Crippen molar-refractivity contribution >= 4 is 9.76 Å². The van der Waals surface area contributed by atoms with Crippen molar-refractivity contribution in [1.82, 2.24) is 0 Å². The van der Waals surface area contributed by atoms with Crippen molar-refractivity contribution in [3.8, 4) is 0 Å². The number of rotatable bonds is 0. The molecular weight excluding hydrogens is 63.0 g/mol.